The molecule has 0 heterocycles. The molecule has 24 heavy (non-hydrogen) atoms. The molecule has 0 aliphatic carbocycles. The van der Waals surface area contributed by atoms with Crippen molar-refractivity contribution >= 4 is 5.91 Å². The lowest BCUT2D eigenvalue weighted by Gasteiger charge is -2.18. The number of amides is 1. The molecule has 0 aromatic heterocycles. The molecule has 0 saturated heterocycles. The largest absolute Gasteiger partial charge is 0.496 e. The first-order chi connectivity index (χ1) is 11.5. The molecule has 1 N–H and O–H groups in total. The van der Waals surface area contributed by atoms with E-state index in [9.17, 15) is 4.79 Å². The Balaban J connectivity index is 1.94. The van der Waals surface area contributed by atoms with Crippen LogP contribution in [-0.2, 0) is 11.2 Å². The van der Waals surface area contributed by atoms with Gasteiger partial charge in [-0.25, -0.2) is 0 Å². The molecule has 1 atom stereocenters. The lowest BCUT2D eigenvalue weighted by atomic mass is 10.0. The summed E-state index contributed by atoms with van der Waals surface area (Å²) in [5.74, 6) is 0.774. The van der Waals surface area contributed by atoms with E-state index in [1.54, 1.807) is 19.2 Å². The van der Waals surface area contributed by atoms with E-state index in [-0.39, 0.29) is 11.9 Å². The number of hydrogen-bond donors (Lipinski definition) is 1. The maximum absolute atomic E-state index is 12.2. The van der Waals surface area contributed by atoms with Crippen LogP contribution < -0.4 is 10.1 Å². The summed E-state index contributed by atoms with van der Waals surface area (Å²) in [6, 6.07) is 15.2. The van der Waals surface area contributed by atoms with Crippen LogP contribution >= 0.6 is 0 Å². The average molecular weight is 322 g/mol. The fraction of sp³-hybridized carbons (Fsp3) is 0.300. The summed E-state index contributed by atoms with van der Waals surface area (Å²) >= 11 is 0. The summed E-state index contributed by atoms with van der Waals surface area (Å²) in [5.41, 5.74) is 3.78. The van der Waals surface area contributed by atoms with Crippen molar-refractivity contribution in [3.63, 3.8) is 0 Å². The minimum atomic E-state index is -0.117. The van der Waals surface area contributed by atoms with Crippen molar-refractivity contribution in [1.82, 2.24) is 5.32 Å². The molecule has 0 spiro atoms. The minimum Gasteiger partial charge on any atom is -0.496 e. The van der Waals surface area contributed by atoms with Gasteiger partial charge in [-0.05, 0) is 44.0 Å². The number of nitriles is 1. The van der Waals surface area contributed by atoms with E-state index < -0.39 is 0 Å². The number of nitrogens with zero attached hydrogens (tertiary/aromatic N) is 1. The number of rotatable bonds is 6. The lowest BCUT2D eigenvalue weighted by molar-refractivity contribution is -0.121. The van der Waals surface area contributed by atoms with E-state index >= 15 is 0 Å². The van der Waals surface area contributed by atoms with Crippen LogP contribution in [0, 0.1) is 18.3 Å². The number of nitrogens with one attached hydrogen (secondary N) is 1. The van der Waals surface area contributed by atoms with Gasteiger partial charge < -0.3 is 10.1 Å². The molecule has 0 aliphatic rings. The minimum absolute atomic E-state index is 0.00424. The zero-order chi connectivity index (χ0) is 17.5. The second-order valence-corrected chi connectivity index (χ2v) is 5.84. The van der Waals surface area contributed by atoms with Gasteiger partial charge in [0.1, 0.15) is 5.75 Å². The predicted octanol–water partition coefficient (Wildman–Crippen LogP) is 3.69. The molecule has 0 saturated carbocycles. The molecular formula is C20H22N2O2. The Morgan fingerprint density at radius 1 is 1.25 bits per heavy atom. The molecule has 124 valence electrons. The normalized spacial score (nSPS) is 11.4. The number of carbonyl (C=O) groups excluding carboxylic acids is 1. The van der Waals surface area contributed by atoms with Crippen molar-refractivity contribution in [3.05, 3.63) is 64.7 Å². The van der Waals surface area contributed by atoms with Crippen molar-refractivity contribution in [1.29, 1.82) is 5.26 Å². The fourth-order valence-corrected chi connectivity index (χ4v) is 2.59. The first-order valence-electron chi connectivity index (χ1n) is 7.96. The number of methoxy groups -OCH3 is 1. The van der Waals surface area contributed by atoms with E-state index in [0.717, 1.165) is 22.4 Å². The monoisotopic (exact) mass is 322 g/mol. The van der Waals surface area contributed by atoms with Crippen LogP contribution in [0.25, 0.3) is 0 Å². The maximum atomic E-state index is 12.2. The van der Waals surface area contributed by atoms with Gasteiger partial charge in [-0.1, -0.05) is 29.8 Å². The van der Waals surface area contributed by atoms with Crippen molar-refractivity contribution in [3.8, 4) is 11.8 Å². The standard InChI is InChI=1S/C20H22N2O2/c1-14-4-10-19(24-3)18(12-14)15(2)22-20(23)11-9-16-5-7-17(13-21)8-6-16/h4-8,10,12,15H,9,11H2,1-3H3,(H,22,23). The Morgan fingerprint density at radius 3 is 2.58 bits per heavy atom. The molecule has 0 aliphatic heterocycles. The highest BCUT2D eigenvalue weighted by molar-refractivity contribution is 5.76. The Labute approximate surface area is 143 Å². The molecule has 2 aromatic carbocycles. The molecular weight excluding hydrogens is 300 g/mol. The van der Waals surface area contributed by atoms with Gasteiger partial charge in [0.2, 0.25) is 5.91 Å². The van der Waals surface area contributed by atoms with Gasteiger partial charge in [-0.15, -0.1) is 0 Å². The Bertz CT molecular complexity index is 745. The Morgan fingerprint density at radius 2 is 1.96 bits per heavy atom. The average Bonchev–Trinajstić information content (AvgIpc) is 2.60. The summed E-state index contributed by atoms with van der Waals surface area (Å²) in [5, 5.41) is 11.8. The highest BCUT2D eigenvalue weighted by Crippen LogP contribution is 2.26. The smallest absolute Gasteiger partial charge is 0.220 e. The third-order valence-electron chi connectivity index (χ3n) is 3.95. The zero-order valence-electron chi connectivity index (χ0n) is 14.3. The number of carbonyl (C=O) groups is 1. The molecule has 2 rings (SSSR count). The second kappa shape index (κ2) is 8.16. The van der Waals surface area contributed by atoms with Crippen molar-refractivity contribution < 1.29 is 9.53 Å². The number of hydrogen-bond acceptors (Lipinski definition) is 3. The van der Waals surface area contributed by atoms with Crippen LogP contribution in [0.5, 0.6) is 5.75 Å². The van der Waals surface area contributed by atoms with Gasteiger partial charge in [-0.2, -0.15) is 5.26 Å². The van der Waals surface area contributed by atoms with Gasteiger partial charge >= 0.3 is 0 Å². The summed E-state index contributed by atoms with van der Waals surface area (Å²) in [6.07, 6.45) is 1.06. The summed E-state index contributed by atoms with van der Waals surface area (Å²) in [6.45, 7) is 3.97. The topological polar surface area (TPSA) is 62.1 Å². The number of ether oxygens (including phenoxy) is 1. The van der Waals surface area contributed by atoms with E-state index in [2.05, 4.69) is 11.4 Å². The van der Waals surface area contributed by atoms with Crippen LogP contribution in [0.2, 0.25) is 0 Å². The SMILES string of the molecule is COc1ccc(C)cc1C(C)NC(=O)CCc1ccc(C#N)cc1. The van der Waals surface area contributed by atoms with E-state index in [1.807, 2.05) is 44.2 Å². The van der Waals surface area contributed by atoms with Gasteiger partial charge in [0.25, 0.3) is 0 Å². The van der Waals surface area contributed by atoms with Crippen molar-refractivity contribution in [2.75, 3.05) is 7.11 Å². The predicted molar refractivity (Wildman–Crippen MR) is 93.8 cm³/mol. The van der Waals surface area contributed by atoms with E-state index in [4.69, 9.17) is 10.00 Å². The van der Waals surface area contributed by atoms with Crippen LogP contribution in [0.15, 0.2) is 42.5 Å². The van der Waals surface area contributed by atoms with Crippen LogP contribution in [0.3, 0.4) is 0 Å². The fourth-order valence-electron chi connectivity index (χ4n) is 2.59. The molecule has 2 aromatic rings. The molecule has 0 bridgehead atoms. The lowest BCUT2D eigenvalue weighted by Crippen LogP contribution is -2.27. The van der Waals surface area contributed by atoms with Crippen LogP contribution in [0.4, 0.5) is 0 Å². The van der Waals surface area contributed by atoms with Crippen molar-refractivity contribution in [2.24, 2.45) is 0 Å². The highest BCUT2D eigenvalue weighted by atomic mass is 16.5. The molecule has 4 nitrogen and oxygen atoms in total. The number of benzene rings is 2. The van der Waals surface area contributed by atoms with Gasteiger partial charge in [0.15, 0.2) is 0 Å². The van der Waals surface area contributed by atoms with E-state index in [1.165, 1.54) is 0 Å². The number of aryl methyl sites for hydroxylation is 2. The summed E-state index contributed by atoms with van der Waals surface area (Å²) < 4.78 is 5.38. The molecule has 4 heteroatoms. The highest BCUT2D eigenvalue weighted by Gasteiger charge is 2.14. The van der Waals surface area contributed by atoms with Crippen LogP contribution in [-0.4, -0.2) is 13.0 Å². The third-order valence-corrected chi connectivity index (χ3v) is 3.95. The quantitative estimate of drug-likeness (QED) is 0.882. The molecule has 1 amide bonds. The van der Waals surface area contributed by atoms with Crippen molar-refractivity contribution in [2.45, 2.75) is 32.7 Å². The second-order valence-electron chi connectivity index (χ2n) is 5.84. The Hall–Kier alpha value is -2.80. The first-order valence-corrected chi connectivity index (χ1v) is 7.96. The van der Waals surface area contributed by atoms with Gasteiger partial charge in [0, 0.05) is 12.0 Å². The third kappa shape index (κ3) is 4.60. The molecule has 1 unspecified atom stereocenters. The maximum Gasteiger partial charge on any atom is 0.220 e. The molecule has 0 fully saturated rings. The summed E-state index contributed by atoms with van der Waals surface area (Å²) in [4.78, 5) is 12.2. The zero-order valence-corrected chi connectivity index (χ0v) is 14.3. The van der Waals surface area contributed by atoms with Gasteiger partial charge in [-0.3, -0.25) is 4.79 Å². The molecule has 0 radical (unpaired) electrons. The first kappa shape index (κ1) is 17.6. The summed E-state index contributed by atoms with van der Waals surface area (Å²) in [7, 11) is 1.63. The Kier molecular flexibility index (Phi) is 5.97. The van der Waals surface area contributed by atoms with E-state index in [0.29, 0.717) is 18.4 Å². The van der Waals surface area contributed by atoms with Crippen LogP contribution in [0.1, 0.15) is 41.6 Å². The van der Waals surface area contributed by atoms with Gasteiger partial charge in [0.05, 0.1) is 24.8 Å².